The molecule has 1 aliphatic rings. The Labute approximate surface area is 206 Å². The van der Waals surface area contributed by atoms with Crippen LogP contribution in [0.4, 0.5) is 10.1 Å². The lowest BCUT2D eigenvalue weighted by Gasteiger charge is -2.34. The van der Waals surface area contributed by atoms with Crippen LogP contribution in [-0.2, 0) is 10.0 Å². The minimum Gasteiger partial charge on any atom is -0.495 e. The second-order valence-electron chi connectivity index (χ2n) is 9.21. The van der Waals surface area contributed by atoms with Gasteiger partial charge in [-0.1, -0.05) is 13.8 Å². The summed E-state index contributed by atoms with van der Waals surface area (Å²) in [5, 5.41) is 10.4. The van der Waals surface area contributed by atoms with Gasteiger partial charge in [-0.05, 0) is 48.6 Å². The van der Waals surface area contributed by atoms with Crippen LogP contribution >= 0.6 is 11.3 Å². The van der Waals surface area contributed by atoms with E-state index in [1.165, 1.54) is 12.5 Å². The molecule has 1 saturated carbocycles. The number of hydrogen-bond donors (Lipinski definition) is 2. The first-order valence-electron chi connectivity index (χ1n) is 10.9. The van der Waals surface area contributed by atoms with Crippen LogP contribution in [0.1, 0.15) is 61.4 Å². The van der Waals surface area contributed by atoms with Gasteiger partial charge in [0.2, 0.25) is 0 Å². The fourth-order valence-corrected chi connectivity index (χ4v) is 6.14. The van der Waals surface area contributed by atoms with Crippen LogP contribution < -0.4 is 9.46 Å². The van der Waals surface area contributed by atoms with Crippen molar-refractivity contribution in [2.75, 3.05) is 11.8 Å². The van der Waals surface area contributed by atoms with Gasteiger partial charge in [0.05, 0.1) is 18.4 Å². The Bertz CT molecular complexity index is 1350. The van der Waals surface area contributed by atoms with E-state index < -0.39 is 27.4 Å². The third-order valence-electron chi connectivity index (χ3n) is 6.20. The highest BCUT2D eigenvalue weighted by Crippen LogP contribution is 2.42. The Hall–Kier alpha value is -3.12. The van der Waals surface area contributed by atoms with Gasteiger partial charge in [-0.2, -0.15) is 8.42 Å². The number of carboxylic acids is 1. The number of anilines is 1. The summed E-state index contributed by atoms with van der Waals surface area (Å²) in [5.74, 6) is -2.03. The van der Waals surface area contributed by atoms with Crippen molar-refractivity contribution < 1.29 is 27.4 Å². The minimum atomic E-state index is -4.22. The van der Waals surface area contributed by atoms with Crippen LogP contribution in [0.15, 0.2) is 34.9 Å². The van der Waals surface area contributed by atoms with E-state index in [2.05, 4.69) is 33.5 Å². The number of carboxylic acid groups (broad SMARTS) is 1. The minimum absolute atomic E-state index is 0.146. The van der Waals surface area contributed by atoms with Crippen molar-refractivity contribution >= 4 is 33.0 Å². The average Bonchev–Trinajstić information content (AvgIpc) is 3.30. The Balaban J connectivity index is 1.52. The maximum Gasteiger partial charge on any atom is 0.338 e. The van der Waals surface area contributed by atoms with E-state index in [0.29, 0.717) is 22.2 Å². The number of carbonyl (C=O) groups is 1. The highest BCUT2D eigenvalue weighted by Gasteiger charge is 2.28. The molecule has 1 fully saturated rings. The summed E-state index contributed by atoms with van der Waals surface area (Å²) < 4.78 is 47.1. The first kappa shape index (κ1) is 25.0. The molecule has 0 atom stereocenters. The lowest BCUT2D eigenvalue weighted by atomic mass is 9.72. The Morgan fingerprint density at radius 1 is 1.23 bits per heavy atom. The van der Waals surface area contributed by atoms with Crippen LogP contribution in [0.5, 0.6) is 5.75 Å². The third-order valence-corrected chi connectivity index (χ3v) is 8.43. The fraction of sp³-hybridized carbons (Fsp3) is 0.391. The van der Waals surface area contributed by atoms with Crippen molar-refractivity contribution in [1.82, 2.24) is 15.0 Å². The lowest BCUT2D eigenvalue weighted by Crippen LogP contribution is -2.20. The average molecular weight is 521 g/mol. The molecular weight excluding hydrogens is 495 g/mol. The molecule has 2 heterocycles. The third kappa shape index (κ3) is 5.43. The molecule has 0 spiro atoms. The van der Waals surface area contributed by atoms with E-state index in [1.807, 2.05) is 0 Å². The van der Waals surface area contributed by atoms with Gasteiger partial charge in [0.15, 0.2) is 15.9 Å². The van der Waals surface area contributed by atoms with Gasteiger partial charge in [0.1, 0.15) is 11.6 Å². The summed E-state index contributed by atoms with van der Waals surface area (Å²) in [6, 6.07) is 1.66. The van der Waals surface area contributed by atoms with Crippen LogP contribution in [0.3, 0.4) is 0 Å². The molecule has 0 amide bonds. The first-order valence-corrected chi connectivity index (χ1v) is 13.3. The number of methoxy groups -OCH3 is 1. The number of rotatable bonds is 7. The van der Waals surface area contributed by atoms with E-state index in [0.717, 1.165) is 54.7 Å². The highest BCUT2D eigenvalue weighted by molar-refractivity contribution is 7.92. The second kappa shape index (κ2) is 9.50. The summed E-state index contributed by atoms with van der Waals surface area (Å²) in [6.07, 6.45) is 8.01. The summed E-state index contributed by atoms with van der Waals surface area (Å²) in [7, 11) is -3.00. The zero-order valence-electron chi connectivity index (χ0n) is 19.4. The van der Waals surface area contributed by atoms with E-state index in [1.54, 1.807) is 12.4 Å². The SMILES string of the molecule is COc1cc(C(=O)O)c(F)cc1NS(=O)(=O)c1csc(-c2ncc(C3CCC(C)(C)CC3)cn2)n1. The molecule has 2 N–H and O–H groups in total. The highest BCUT2D eigenvalue weighted by atomic mass is 32.2. The number of aromatic nitrogens is 3. The van der Waals surface area contributed by atoms with Gasteiger partial charge >= 0.3 is 5.97 Å². The molecule has 1 aromatic carbocycles. The molecule has 0 saturated heterocycles. The fourth-order valence-electron chi connectivity index (χ4n) is 4.04. The van der Waals surface area contributed by atoms with Crippen LogP contribution in [-0.4, -0.2) is 41.6 Å². The number of aromatic carboxylic acids is 1. The number of sulfonamides is 1. The maximum atomic E-state index is 14.1. The molecule has 0 unspecified atom stereocenters. The zero-order chi connectivity index (χ0) is 25.4. The number of nitrogens with one attached hydrogen (secondary N) is 1. The van der Waals surface area contributed by atoms with Gasteiger partial charge in [0.25, 0.3) is 10.0 Å². The second-order valence-corrected chi connectivity index (χ2v) is 11.7. The number of hydrogen-bond acceptors (Lipinski definition) is 8. The quantitative estimate of drug-likeness (QED) is 0.448. The molecular formula is C23H25FN4O5S2. The van der Waals surface area contributed by atoms with Crippen molar-refractivity contribution in [1.29, 1.82) is 0 Å². The number of halogens is 1. The van der Waals surface area contributed by atoms with E-state index in [-0.39, 0.29) is 16.5 Å². The number of nitrogens with zero attached hydrogens (tertiary/aromatic N) is 3. The number of benzene rings is 1. The Kier molecular flexibility index (Phi) is 6.78. The van der Waals surface area contributed by atoms with Crippen LogP contribution in [0.25, 0.3) is 10.8 Å². The molecule has 12 heteroatoms. The van der Waals surface area contributed by atoms with Crippen LogP contribution in [0, 0.1) is 11.2 Å². The zero-order valence-corrected chi connectivity index (χ0v) is 21.0. The number of ether oxygens (including phenoxy) is 1. The lowest BCUT2D eigenvalue weighted by molar-refractivity contribution is 0.0691. The van der Waals surface area contributed by atoms with Gasteiger partial charge in [-0.25, -0.2) is 24.1 Å². The molecule has 0 radical (unpaired) electrons. The van der Waals surface area contributed by atoms with Gasteiger partial charge in [-0.15, -0.1) is 11.3 Å². The molecule has 35 heavy (non-hydrogen) atoms. The molecule has 186 valence electrons. The summed E-state index contributed by atoms with van der Waals surface area (Å²) in [6.45, 7) is 4.56. The van der Waals surface area contributed by atoms with Crippen molar-refractivity contribution in [2.24, 2.45) is 5.41 Å². The standard InChI is InChI=1S/C23H25FN4O5S2/c1-23(2)6-4-13(5-7-23)14-10-25-20(26-11-14)21-27-19(12-34-21)35(31,32)28-17-9-16(24)15(22(29)30)8-18(17)33-3/h8-13,28H,4-7H2,1-3H3,(H,29,30). The Morgan fingerprint density at radius 3 is 2.49 bits per heavy atom. The van der Waals surface area contributed by atoms with E-state index in [9.17, 15) is 17.6 Å². The van der Waals surface area contributed by atoms with Crippen molar-refractivity contribution in [3.05, 3.63) is 46.9 Å². The molecule has 4 rings (SSSR count). The molecule has 2 aromatic heterocycles. The monoisotopic (exact) mass is 520 g/mol. The van der Waals surface area contributed by atoms with Crippen molar-refractivity contribution in [3.63, 3.8) is 0 Å². The largest absolute Gasteiger partial charge is 0.495 e. The van der Waals surface area contributed by atoms with Gasteiger partial charge < -0.3 is 9.84 Å². The Morgan fingerprint density at radius 2 is 1.89 bits per heavy atom. The topological polar surface area (TPSA) is 131 Å². The molecule has 3 aromatic rings. The molecule has 9 nitrogen and oxygen atoms in total. The van der Waals surface area contributed by atoms with Crippen molar-refractivity contribution in [3.8, 4) is 16.6 Å². The smallest absolute Gasteiger partial charge is 0.338 e. The molecule has 0 aliphatic heterocycles. The van der Waals surface area contributed by atoms with Gasteiger partial charge in [-0.3, -0.25) is 4.72 Å². The molecule has 1 aliphatic carbocycles. The summed E-state index contributed by atoms with van der Waals surface area (Å²) >= 11 is 1.06. The molecule has 0 bridgehead atoms. The summed E-state index contributed by atoms with van der Waals surface area (Å²) in [4.78, 5) is 24.1. The van der Waals surface area contributed by atoms with E-state index >= 15 is 0 Å². The normalized spacial score (nSPS) is 16.1. The maximum absolute atomic E-state index is 14.1. The predicted molar refractivity (Wildman–Crippen MR) is 129 cm³/mol. The summed E-state index contributed by atoms with van der Waals surface area (Å²) in [5.41, 5.74) is 0.538. The van der Waals surface area contributed by atoms with Crippen molar-refractivity contribution in [2.45, 2.75) is 50.5 Å². The first-order chi connectivity index (χ1) is 16.5. The van der Waals surface area contributed by atoms with E-state index in [4.69, 9.17) is 9.84 Å². The predicted octanol–water partition coefficient (Wildman–Crippen LogP) is 4.93. The number of thiazole rings is 1. The van der Waals surface area contributed by atoms with Gasteiger partial charge in [0, 0.05) is 23.8 Å². The van der Waals surface area contributed by atoms with Crippen LogP contribution in [0.2, 0.25) is 0 Å².